The van der Waals surface area contributed by atoms with Gasteiger partial charge >= 0.3 is 0 Å². The lowest BCUT2D eigenvalue weighted by Crippen LogP contribution is -2.45. The fraction of sp³-hybridized carbons (Fsp3) is 1.00. The molecule has 15 heavy (non-hydrogen) atoms. The molecule has 2 nitrogen and oxygen atoms in total. The lowest BCUT2D eigenvalue weighted by molar-refractivity contribution is 0.210. The summed E-state index contributed by atoms with van der Waals surface area (Å²) in [5.41, 5.74) is 0. The minimum absolute atomic E-state index is 0.723. The maximum Gasteiger partial charge on any atom is 0.0195 e. The summed E-state index contributed by atoms with van der Waals surface area (Å²) < 4.78 is 0. The van der Waals surface area contributed by atoms with E-state index in [9.17, 15) is 0 Å². The fourth-order valence-electron chi connectivity index (χ4n) is 2.12. The van der Waals surface area contributed by atoms with E-state index < -0.39 is 0 Å². The van der Waals surface area contributed by atoms with Crippen LogP contribution in [0.3, 0.4) is 0 Å². The van der Waals surface area contributed by atoms with Gasteiger partial charge < -0.3 is 10.2 Å². The van der Waals surface area contributed by atoms with Crippen LogP contribution in [0, 0.1) is 0 Å². The molecule has 0 bridgehead atoms. The van der Waals surface area contributed by atoms with Crippen molar-refractivity contribution in [2.45, 2.75) is 44.7 Å². The second-order valence-corrected chi connectivity index (χ2v) is 5.70. The summed E-state index contributed by atoms with van der Waals surface area (Å²) in [5.74, 6) is 1.28. The van der Waals surface area contributed by atoms with Crippen molar-refractivity contribution in [3.63, 3.8) is 0 Å². The second kappa shape index (κ2) is 7.53. The normalized spacial score (nSPS) is 24.4. The highest BCUT2D eigenvalue weighted by Crippen LogP contribution is 2.11. The molecule has 2 atom stereocenters. The first kappa shape index (κ1) is 13.3. The molecule has 1 rings (SSSR count). The van der Waals surface area contributed by atoms with Crippen LogP contribution in [0.2, 0.25) is 0 Å². The Kier molecular flexibility index (Phi) is 6.69. The molecule has 1 N–H and O–H groups in total. The van der Waals surface area contributed by atoms with E-state index in [1.54, 1.807) is 0 Å². The van der Waals surface area contributed by atoms with Crippen LogP contribution in [0.15, 0.2) is 0 Å². The van der Waals surface area contributed by atoms with Crippen molar-refractivity contribution in [1.82, 2.24) is 10.2 Å². The van der Waals surface area contributed by atoms with Gasteiger partial charge in [-0.25, -0.2) is 0 Å². The van der Waals surface area contributed by atoms with Gasteiger partial charge in [0.1, 0.15) is 0 Å². The quantitative estimate of drug-likeness (QED) is 0.753. The van der Waals surface area contributed by atoms with Crippen LogP contribution in [0.5, 0.6) is 0 Å². The van der Waals surface area contributed by atoms with Crippen LogP contribution in [0.4, 0.5) is 0 Å². The maximum absolute atomic E-state index is 3.61. The molecule has 3 heteroatoms. The van der Waals surface area contributed by atoms with Gasteiger partial charge in [0.2, 0.25) is 0 Å². The zero-order valence-electron chi connectivity index (χ0n) is 10.5. The minimum atomic E-state index is 0.723. The standard InChI is InChI=1S/C12H26N2S/c1-11(7-9-15-3)14(2)10-12-6-4-5-8-13-12/h11-13H,4-10H2,1-3H3. The highest BCUT2D eigenvalue weighted by atomic mass is 32.2. The van der Waals surface area contributed by atoms with Gasteiger partial charge in [-0.15, -0.1) is 0 Å². The number of hydrogen-bond donors (Lipinski definition) is 1. The van der Waals surface area contributed by atoms with Crippen LogP contribution in [0.1, 0.15) is 32.6 Å². The van der Waals surface area contributed by atoms with Crippen molar-refractivity contribution >= 4 is 11.8 Å². The van der Waals surface area contributed by atoms with Crippen molar-refractivity contribution in [3.8, 4) is 0 Å². The number of likely N-dealkylation sites (N-methyl/N-ethyl adjacent to an activating group) is 1. The lowest BCUT2D eigenvalue weighted by Gasteiger charge is -2.31. The average molecular weight is 230 g/mol. The smallest absolute Gasteiger partial charge is 0.0195 e. The molecule has 1 heterocycles. The molecular formula is C12H26N2S. The Morgan fingerprint density at radius 1 is 1.47 bits per heavy atom. The molecule has 90 valence electrons. The number of nitrogens with one attached hydrogen (secondary N) is 1. The van der Waals surface area contributed by atoms with Gasteiger partial charge in [0.15, 0.2) is 0 Å². The van der Waals surface area contributed by atoms with E-state index in [-0.39, 0.29) is 0 Å². The van der Waals surface area contributed by atoms with Gasteiger partial charge in [-0.2, -0.15) is 11.8 Å². The molecule has 0 aromatic heterocycles. The van der Waals surface area contributed by atoms with E-state index in [2.05, 4.69) is 30.4 Å². The molecular weight excluding hydrogens is 204 g/mol. The highest BCUT2D eigenvalue weighted by molar-refractivity contribution is 7.98. The van der Waals surface area contributed by atoms with Crippen LogP contribution < -0.4 is 5.32 Å². The molecule has 0 radical (unpaired) electrons. The van der Waals surface area contributed by atoms with Gasteiger partial charge in [-0.1, -0.05) is 6.42 Å². The molecule has 0 spiro atoms. The SMILES string of the molecule is CSCCC(C)N(C)CC1CCCCN1. The van der Waals surface area contributed by atoms with Crippen molar-refractivity contribution in [1.29, 1.82) is 0 Å². The summed E-state index contributed by atoms with van der Waals surface area (Å²) in [7, 11) is 2.27. The van der Waals surface area contributed by atoms with Gasteiger partial charge in [0.05, 0.1) is 0 Å². The van der Waals surface area contributed by atoms with Crippen LogP contribution in [-0.2, 0) is 0 Å². The van der Waals surface area contributed by atoms with E-state index in [0.29, 0.717) is 0 Å². The summed E-state index contributed by atoms with van der Waals surface area (Å²) in [4.78, 5) is 2.51. The van der Waals surface area contributed by atoms with E-state index in [1.165, 1.54) is 44.5 Å². The molecule has 0 aromatic carbocycles. The van der Waals surface area contributed by atoms with Crippen LogP contribution >= 0.6 is 11.8 Å². The van der Waals surface area contributed by atoms with E-state index in [0.717, 1.165) is 12.1 Å². The molecule has 0 saturated carbocycles. The number of hydrogen-bond acceptors (Lipinski definition) is 3. The van der Waals surface area contributed by atoms with Crippen LogP contribution in [-0.4, -0.2) is 49.1 Å². The van der Waals surface area contributed by atoms with Gasteiger partial charge in [0.25, 0.3) is 0 Å². The van der Waals surface area contributed by atoms with Gasteiger partial charge in [0, 0.05) is 18.6 Å². The molecule has 1 saturated heterocycles. The Balaban J connectivity index is 2.17. The zero-order chi connectivity index (χ0) is 11.1. The van der Waals surface area contributed by atoms with Crippen molar-refractivity contribution < 1.29 is 0 Å². The molecule has 0 aromatic rings. The highest BCUT2D eigenvalue weighted by Gasteiger charge is 2.17. The van der Waals surface area contributed by atoms with Crippen LogP contribution in [0.25, 0.3) is 0 Å². The van der Waals surface area contributed by atoms with E-state index in [4.69, 9.17) is 0 Å². The van der Waals surface area contributed by atoms with Gasteiger partial charge in [-0.05, 0) is 51.8 Å². The Morgan fingerprint density at radius 3 is 2.87 bits per heavy atom. The van der Waals surface area contributed by atoms with Crippen molar-refractivity contribution in [2.75, 3.05) is 32.1 Å². The predicted octanol–water partition coefficient (Wildman–Crippen LogP) is 2.20. The summed E-state index contributed by atoms with van der Waals surface area (Å²) in [5, 5.41) is 3.61. The number of nitrogens with zero attached hydrogens (tertiary/aromatic N) is 1. The first-order valence-electron chi connectivity index (χ1n) is 6.16. The molecule has 0 aliphatic carbocycles. The monoisotopic (exact) mass is 230 g/mol. The summed E-state index contributed by atoms with van der Waals surface area (Å²) in [6, 6.07) is 1.46. The van der Waals surface area contributed by atoms with Crippen molar-refractivity contribution in [2.24, 2.45) is 0 Å². The molecule has 1 aliphatic heterocycles. The van der Waals surface area contributed by atoms with Crippen molar-refractivity contribution in [3.05, 3.63) is 0 Å². The largest absolute Gasteiger partial charge is 0.313 e. The summed E-state index contributed by atoms with van der Waals surface area (Å²) in [6.45, 7) is 4.78. The second-order valence-electron chi connectivity index (χ2n) is 4.72. The predicted molar refractivity (Wildman–Crippen MR) is 70.7 cm³/mol. The Labute approximate surface area is 99.2 Å². The Hall–Kier alpha value is 0.270. The number of piperidine rings is 1. The molecule has 2 unspecified atom stereocenters. The summed E-state index contributed by atoms with van der Waals surface area (Å²) in [6.07, 6.45) is 7.63. The summed E-state index contributed by atoms with van der Waals surface area (Å²) >= 11 is 1.95. The number of rotatable bonds is 6. The Bertz CT molecular complexity index is 158. The molecule has 1 aliphatic rings. The average Bonchev–Trinajstić information content (AvgIpc) is 2.27. The van der Waals surface area contributed by atoms with E-state index in [1.807, 2.05) is 11.8 Å². The minimum Gasteiger partial charge on any atom is -0.313 e. The zero-order valence-corrected chi connectivity index (χ0v) is 11.3. The van der Waals surface area contributed by atoms with E-state index >= 15 is 0 Å². The third-order valence-electron chi connectivity index (χ3n) is 3.41. The van der Waals surface area contributed by atoms with Gasteiger partial charge in [-0.3, -0.25) is 0 Å². The third kappa shape index (κ3) is 5.23. The first-order valence-corrected chi connectivity index (χ1v) is 7.56. The first-order chi connectivity index (χ1) is 7.24. The number of thioether (sulfide) groups is 1. The molecule has 1 fully saturated rings. The fourth-order valence-corrected chi connectivity index (χ4v) is 2.69. The lowest BCUT2D eigenvalue weighted by atomic mass is 10.0. The third-order valence-corrected chi connectivity index (χ3v) is 4.06. The molecule has 0 amide bonds. The topological polar surface area (TPSA) is 15.3 Å². The maximum atomic E-state index is 3.61. The Morgan fingerprint density at radius 2 is 2.27 bits per heavy atom.